The van der Waals surface area contributed by atoms with E-state index in [2.05, 4.69) is 12.2 Å². The molecule has 0 bridgehead atoms. The van der Waals surface area contributed by atoms with E-state index >= 15 is 0 Å². The van der Waals surface area contributed by atoms with E-state index < -0.39 is 11.7 Å². The second-order valence-corrected chi connectivity index (χ2v) is 8.77. The largest absolute Gasteiger partial charge is 0.416 e. The highest BCUT2D eigenvalue weighted by atomic mass is 19.4. The molecule has 1 aliphatic carbocycles. The summed E-state index contributed by atoms with van der Waals surface area (Å²) < 4.78 is 38.3. The monoisotopic (exact) mass is 414 g/mol. The summed E-state index contributed by atoms with van der Waals surface area (Å²) in [7, 11) is 5.57. The molecule has 1 atom stereocenters. The highest BCUT2D eigenvalue weighted by molar-refractivity contribution is 6.08. The Morgan fingerprint density at radius 1 is 1.03 bits per heavy atom. The molecule has 1 aliphatic rings. The molecule has 3 N–H and O–H groups in total. The molecule has 1 unspecified atom stereocenters. The van der Waals surface area contributed by atoms with Crippen molar-refractivity contribution >= 4 is 7.85 Å². The van der Waals surface area contributed by atoms with Crippen molar-refractivity contribution in [2.24, 2.45) is 11.7 Å². The molecule has 2 radical (unpaired) electrons. The second kappa shape index (κ2) is 9.57. The Bertz CT molecular complexity index is 812. The summed E-state index contributed by atoms with van der Waals surface area (Å²) in [6, 6.07) is 13.7. The van der Waals surface area contributed by atoms with E-state index in [4.69, 9.17) is 13.6 Å². The standard InChI is InChI=1S/C24H30BF3N2/c1-23(29,11-2-3-12-25)21-14-22(15-21)30-16-17-5-4-6-19(13-17)18-7-9-20(10-8-18)24(26,27)28/h4-10,13,21-22,30H,2-3,11-12,14-16,29H2,1H3. The van der Waals surface area contributed by atoms with Crippen molar-refractivity contribution in [1.29, 1.82) is 0 Å². The first-order chi connectivity index (χ1) is 14.2. The fraction of sp³-hybridized carbons (Fsp3) is 0.500. The van der Waals surface area contributed by atoms with Crippen molar-refractivity contribution in [3.63, 3.8) is 0 Å². The van der Waals surface area contributed by atoms with Crippen LogP contribution in [0.1, 0.15) is 50.2 Å². The summed E-state index contributed by atoms with van der Waals surface area (Å²) in [5, 5.41) is 3.59. The van der Waals surface area contributed by atoms with E-state index in [-0.39, 0.29) is 5.54 Å². The summed E-state index contributed by atoms with van der Waals surface area (Å²) in [6.45, 7) is 2.89. The fourth-order valence-electron chi connectivity index (χ4n) is 4.15. The third-order valence-electron chi connectivity index (χ3n) is 6.31. The minimum absolute atomic E-state index is 0.129. The average molecular weight is 414 g/mol. The lowest BCUT2D eigenvalue weighted by atomic mass is 9.67. The first kappa shape index (κ1) is 22.9. The van der Waals surface area contributed by atoms with E-state index in [1.807, 2.05) is 24.3 Å². The van der Waals surface area contributed by atoms with Gasteiger partial charge in [-0.25, -0.2) is 0 Å². The van der Waals surface area contributed by atoms with Crippen LogP contribution in [0.3, 0.4) is 0 Å². The van der Waals surface area contributed by atoms with Gasteiger partial charge in [-0.15, -0.1) is 0 Å². The van der Waals surface area contributed by atoms with Gasteiger partial charge in [0.2, 0.25) is 0 Å². The van der Waals surface area contributed by atoms with Crippen LogP contribution < -0.4 is 11.1 Å². The third-order valence-corrected chi connectivity index (χ3v) is 6.31. The first-order valence-electron chi connectivity index (χ1n) is 10.7. The topological polar surface area (TPSA) is 38.0 Å². The Morgan fingerprint density at radius 3 is 2.37 bits per heavy atom. The molecule has 0 spiro atoms. The zero-order valence-electron chi connectivity index (χ0n) is 17.5. The molecule has 30 heavy (non-hydrogen) atoms. The molecule has 1 saturated carbocycles. The SMILES string of the molecule is [B]CCCCC(C)(N)C1CC(NCc2cccc(-c3ccc(C(F)(F)F)cc3)c2)C1. The molecular formula is C24H30BF3N2. The Balaban J connectivity index is 1.51. The number of unbranched alkanes of at least 4 members (excludes halogenated alkanes) is 1. The number of halogens is 3. The molecule has 6 heteroatoms. The van der Waals surface area contributed by atoms with Crippen LogP contribution in [0.15, 0.2) is 48.5 Å². The molecule has 0 amide bonds. The van der Waals surface area contributed by atoms with Crippen LogP contribution in [0.2, 0.25) is 6.32 Å². The predicted molar refractivity (Wildman–Crippen MR) is 117 cm³/mol. The van der Waals surface area contributed by atoms with E-state index in [9.17, 15) is 13.2 Å². The zero-order valence-corrected chi connectivity index (χ0v) is 17.5. The highest BCUT2D eigenvalue weighted by Gasteiger charge is 2.39. The lowest BCUT2D eigenvalue weighted by Gasteiger charge is -2.46. The van der Waals surface area contributed by atoms with Crippen molar-refractivity contribution in [3.8, 4) is 11.1 Å². The maximum Gasteiger partial charge on any atom is 0.416 e. The van der Waals surface area contributed by atoms with Crippen molar-refractivity contribution < 1.29 is 13.2 Å². The van der Waals surface area contributed by atoms with Gasteiger partial charge in [0.1, 0.15) is 0 Å². The number of hydrogen-bond donors (Lipinski definition) is 2. The summed E-state index contributed by atoms with van der Waals surface area (Å²) in [6.07, 6.45) is 1.68. The van der Waals surface area contributed by atoms with Crippen LogP contribution in [0.25, 0.3) is 11.1 Å². The molecular weight excluding hydrogens is 384 g/mol. The smallest absolute Gasteiger partial charge is 0.325 e. The second-order valence-electron chi connectivity index (χ2n) is 8.77. The van der Waals surface area contributed by atoms with Crippen molar-refractivity contribution in [3.05, 3.63) is 59.7 Å². The molecule has 0 aliphatic heterocycles. The van der Waals surface area contributed by atoms with Crippen LogP contribution in [-0.4, -0.2) is 19.4 Å². The van der Waals surface area contributed by atoms with Crippen molar-refractivity contribution in [2.75, 3.05) is 0 Å². The van der Waals surface area contributed by atoms with Gasteiger partial charge in [-0.2, -0.15) is 13.2 Å². The summed E-state index contributed by atoms with van der Waals surface area (Å²) in [4.78, 5) is 0. The number of benzene rings is 2. The predicted octanol–water partition coefficient (Wildman–Crippen LogP) is 5.72. The molecule has 1 fully saturated rings. The van der Waals surface area contributed by atoms with Crippen molar-refractivity contribution in [1.82, 2.24) is 5.32 Å². The summed E-state index contributed by atoms with van der Waals surface area (Å²) in [5.41, 5.74) is 8.58. The first-order valence-corrected chi connectivity index (χ1v) is 10.7. The van der Waals surface area contributed by atoms with Gasteiger partial charge in [0.05, 0.1) is 13.4 Å². The van der Waals surface area contributed by atoms with Gasteiger partial charge >= 0.3 is 6.18 Å². The molecule has 0 aromatic heterocycles. The molecule has 2 aromatic carbocycles. The Hall–Kier alpha value is -1.79. The van der Waals surface area contributed by atoms with E-state index in [0.717, 1.165) is 73.8 Å². The third kappa shape index (κ3) is 5.89. The average Bonchev–Trinajstić information content (AvgIpc) is 2.66. The quantitative estimate of drug-likeness (QED) is 0.407. The van der Waals surface area contributed by atoms with Gasteiger partial charge in [0.25, 0.3) is 0 Å². The van der Waals surface area contributed by atoms with Crippen LogP contribution in [0.5, 0.6) is 0 Å². The molecule has 160 valence electrons. The van der Waals surface area contributed by atoms with Gasteiger partial charge in [0, 0.05) is 18.1 Å². The summed E-state index contributed by atoms with van der Waals surface area (Å²) in [5.74, 6) is 0.534. The van der Waals surface area contributed by atoms with E-state index in [1.165, 1.54) is 12.1 Å². The molecule has 0 heterocycles. The number of nitrogens with two attached hydrogens (primary N) is 1. The van der Waals surface area contributed by atoms with E-state index in [0.29, 0.717) is 12.0 Å². The molecule has 2 aromatic rings. The minimum atomic E-state index is -4.31. The molecule has 0 saturated heterocycles. The lowest BCUT2D eigenvalue weighted by molar-refractivity contribution is -0.137. The van der Waals surface area contributed by atoms with Gasteiger partial charge in [-0.1, -0.05) is 49.5 Å². The number of alkyl halides is 3. The molecule has 3 rings (SSSR count). The Morgan fingerprint density at radius 2 is 1.73 bits per heavy atom. The maximum atomic E-state index is 12.8. The van der Waals surface area contributed by atoms with Crippen LogP contribution in [-0.2, 0) is 12.7 Å². The van der Waals surface area contributed by atoms with Gasteiger partial charge in [-0.05, 0) is 67.0 Å². The minimum Gasteiger partial charge on any atom is -0.325 e. The number of rotatable bonds is 9. The van der Waals surface area contributed by atoms with Crippen LogP contribution in [0, 0.1) is 5.92 Å². The number of hydrogen-bond acceptors (Lipinski definition) is 2. The number of nitrogens with one attached hydrogen (secondary N) is 1. The normalized spacial score (nSPS) is 21.1. The zero-order chi connectivity index (χ0) is 21.8. The summed E-state index contributed by atoms with van der Waals surface area (Å²) >= 11 is 0. The fourth-order valence-corrected chi connectivity index (χ4v) is 4.15. The van der Waals surface area contributed by atoms with Gasteiger partial charge in [0.15, 0.2) is 0 Å². The molecule has 2 nitrogen and oxygen atoms in total. The lowest BCUT2D eigenvalue weighted by Crippen LogP contribution is -2.54. The maximum absolute atomic E-state index is 12.8. The Labute approximate surface area is 178 Å². The van der Waals surface area contributed by atoms with Crippen LogP contribution >= 0.6 is 0 Å². The van der Waals surface area contributed by atoms with Gasteiger partial charge < -0.3 is 11.1 Å². The van der Waals surface area contributed by atoms with Crippen molar-refractivity contribution in [2.45, 2.75) is 69.6 Å². The highest BCUT2D eigenvalue weighted by Crippen LogP contribution is 2.38. The van der Waals surface area contributed by atoms with E-state index in [1.54, 1.807) is 0 Å². The Kier molecular flexibility index (Phi) is 7.30. The van der Waals surface area contributed by atoms with Crippen LogP contribution in [0.4, 0.5) is 13.2 Å². The van der Waals surface area contributed by atoms with Gasteiger partial charge in [-0.3, -0.25) is 0 Å².